The van der Waals surface area contributed by atoms with Gasteiger partial charge in [-0.2, -0.15) is 5.10 Å². The highest BCUT2D eigenvalue weighted by molar-refractivity contribution is 5.82. The minimum absolute atomic E-state index is 0.135. The van der Waals surface area contributed by atoms with E-state index in [-0.39, 0.29) is 5.92 Å². The van der Waals surface area contributed by atoms with Gasteiger partial charge in [-0.3, -0.25) is 5.10 Å². The lowest BCUT2D eigenvalue weighted by molar-refractivity contribution is 0.148. The van der Waals surface area contributed by atoms with E-state index in [1.54, 1.807) is 6.33 Å². The Morgan fingerprint density at radius 2 is 2.23 bits per heavy atom. The second-order valence-electron chi connectivity index (χ2n) is 5.78. The number of fused-ring (bicyclic) bond motifs is 1. The molecule has 0 radical (unpaired) electrons. The maximum atomic E-state index is 10.4. The minimum atomic E-state index is -0.398. The number of H-pyrrole nitrogens is 2. The van der Waals surface area contributed by atoms with Crippen molar-refractivity contribution in [2.24, 2.45) is 5.92 Å². The number of β-amino-alcohol motifs (C(OH)–C–C–N with tert-alkyl or cyclic N) is 1. The van der Waals surface area contributed by atoms with Crippen LogP contribution in [0, 0.1) is 12.8 Å². The van der Waals surface area contributed by atoms with Crippen LogP contribution in [0.5, 0.6) is 0 Å². The lowest BCUT2D eigenvalue weighted by atomic mass is 10.0. The normalized spacial score (nSPS) is 21.8. The van der Waals surface area contributed by atoms with E-state index in [1.165, 1.54) is 6.33 Å². The SMILES string of the molecule is Cc1cc(C[C@@H]2CN(c3ncnc4nc[nH]c34)C[C@@H]2O)n[nH]1. The maximum Gasteiger partial charge on any atom is 0.182 e. The van der Waals surface area contributed by atoms with E-state index in [2.05, 4.69) is 35.0 Å². The topological polar surface area (TPSA) is 107 Å². The predicted octanol–water partition coefficient (Wildman–Crippen LogP) is 0.424. The van der Waals surface area contributed by atoms with Crippen molar-refractivity contribution in [3.8, 4) is 0 Å². The Morgan fingerprint density at radius 3 is 3.05 bits per heavy atom. The number of aliphatic hydroxyl groups excluding tert-OH is 1. The average molecular weight is 299 g/mol. The zero-order chi connectivity index (χ0) is 15.1. The van der Waals surface area contributed by atoms with E-state index in [0.717, 1.165) is 35.7 Å². The third-order valence-electron chi connectivity index (χ3n) is 4.14. The molecule has 0 unspecified atom stereocenters. The zero-order valence-corrected chi connectivity index (χ0v) is 12.2. The molecule has 1 aliphatic heterocycles. The highest BCUT2D eigenvalue weighted by Crippen LogP contribution is 2.28. The summed E-state index contributed by atoms with van der Waals surface area (Å²) in [6.07, 6.45) is 3.47. The summed E-state index contributed by atoms with van der Waals surface area (Å²) >= 11 is 0. The average Bonchev–Trinajstić information content (AvgIpc) is 3.20. The smallest absolute Gasteiger partial charge is 0.182 e. The van der Waals surface area contributed by atoms with Crippen LogP contribution in [0.25, 0.3) is 11.2 Å². The van der Waals surface area contributed by atoms with Gasteiger partial charge in [0.1, 0.15) is 11.8 Å². The Kier molecular flexibility index (Phi) is 3.04. The Labute approximate surface area is 126 Å². The molecule has 0 aliphatic carbocycles. The standard InChI is InChI=1S/C14H17N7O/c1-8-2-10(20-19-8)3-9-4-21(5-11(9)22)14-12-13(16-6-15-12)17-7-18-14/h2,6-7,9,11,22H,3-5H2,1H3,(H,19,20)(H,15,16,17,18)/t9-,11+/m1/s1. The fraction of sp³-hybridized carbons (Fsp3) is 0.429. The Morgan fingerprint density at radius 1 is 1.32 bits per heavy atom. The monoisotopic (exact) mass is 299 g/mol. The molecular formula is C14H17N7O. The van der Waals surface area contributed by atoms with Crippen molar-refractivity contribution in [2.45, 2.75) is 19.4 Å². The quantitative estimate of drug-likeness (QED) is 0.647. The first kappa shape index (κ1) is 13.2. The number of rotatable bonds is 3. The van der Waals surface area contributed by atoms with E-state index < -0.39 is 6.10 Å². The molecule has 4 rings (SSSR count). The number of aryl methyl sites for hydroxylation is 1. The number of aromatic amines is 2. The number of anilines is 1. The molecule has 3 aromatic rings. The van der Waals surface area contributed by atoms with Gasteiger partial charge in [-0.1, -0.05) is 0 Å². The molecule has 0 saturated carbocycles. The molecule has 22 heavy (non-hydrogen) atoms. The summed E-state index contributed by atoms with van der Waals surface area (Å²) < 4.78 is 0. The van der Waals surface area contributed by atoms with Crippen molar-refractivity contribution in [2.75, 3.05) is 18.0 Å². The molecule has 114 valence electrons. The van der Waals surface area contributed by atoms with Crippen LogP contribution in [0.2, 0.25) is 0 Å². The van der Waals surface area contributed by atoms with Gasteiger partial charge in [0.2, 0.25) is 0 Å². The summed E-state index contributed by atoms with van der Waals surface area (Å²) in [5, 5.41) is 17.6. The van der Waals surface area contributed by atoms with Crippen LogP contribution in [0.4, 0.5) is 5.82 Å². The molecule has 0 aromatic carbocycles. The molecule has 0 bridgehead atoms. The molecule has 3 N–H and O–H groups in total. The molecule has 4 heterocycles. The zero-order valence-electron chi connectivity index (χ0n) is 12.2. The van der Waals surface area contributed by atoms with Crippen molar-refractivity contribution in [1.29, 1.82) is 0 Å². The molecule has 8 nitrogen and oxygen atoms in total. The molecule has 1 fully saturated rings. The van der Waals surface area contributed by atoms with Gasteiger partial charge in [0.05, 0.1) is 18.1 Å². The van der Waals surface area contributed by atoms with E-state index in [4.69, 9.17) is 0 Å². The molecule has 3 aromatic heterocycles. The van der Waals surface area contributed by atoms with Crippen LogP contribution < -0.4 is 4.90 Å². The summed E-state index contributed by atoms with van der Waals surface area (Å²) in [6.45, 7) is 3.27. The summed E-state index contributed by atoms with van der Waals surface area (Å²) in [7, 11) is 0. The highest BCUT2D eigenvalue weighted by atomic mass is 16.3. The fourth-order valence-electron chi connectivity index (χ4n) is 3.07. The minimum Gasteiger partial charge on any atom is -0.391 e. The van der Waals surface area contributed by atoms with Gasteiger partial charge < -0.3 is 15.0 Å². The molecular weight excluding hydrogens is 282 g/mol. The number of hydrogen-bond acceptors (Lipinski definition) is 6. The van der Waals surface area contributed by atoms with Gasteiger partial charge in [0.15, 0.2) is 11.5 Å². The van der Waals surface area contributed by atoms with Crippen LogP contribution >= 0.6 is 0 Å². The second kappa shape index (κ2) is 5.06. The summed E-state index contributed by atoms with van der Waals surface area (Å²) in [5.41, 5.74) is 3.48. The summed E-state index contributed by atoms with van der Waals surface area (Å²) in [4.78, 5) is 17.8. The van der Waals surface area contributed by atoms with Crippen LogP contribution in [-0.4, -0.2) is 54.4 Å². The van der Waals surface area contributed by atoms with Crippen molar-refractivity contribution in [3.63, 3.8) is 0 Å². The van der Waals surface area contributed by atoms with Crippen LogP contribution in [0.15, 0.2) is 18.7 Å². The van der Waals surface area contributed by atoms with Crippen molar-refractivity contribution < 1.29 is 5.11 Å². The van der Waals surface area contributed by atoms with E-state index in [1.807, 2.05) is 13.0 Å². The molecule has 0 amide bonds. The number of aliphatic hydroxyl groups is 1. The summed E-state index contributed by atoms with van der Waals surface area (Å²) in [5.74, 6) is 0.929. The first-order valence-corrected chi connectivity index (χ1v) is 7.28. The third kappa shape index (κ3) is 2.21. The van der Waals surface area contributed by atoms with Gasteiger partial charge in [0, 0.05) is 24.7 Å². The van der Waals surface area contributed by atoms with Crippen molar-refractivity contribution in [3.05, 3.63) is 30.1 Å². The van der Waals surface area contributed by atoms with Crippen LogP contribution in [0.1, 0.15) is 11.4 Å². The molecule has 1 saturated heterocycles. The lowest BCUT2D eigenvalue weighted by Gasteiger charge is -2.16. The van der Waals surface area contributed by atoms with Crippen molar-refractivity contribution >= 4 is 17.0 Å². The predicted molar refractivity (Wildman–Crippen MR) is 80.4 cm³/mol. The van der Waals surface area contributed by atoms with Gasteiger partial charge >= 0.3 is 0 Å². The van der Waals surface area contributed by atoms with Gasteiger partial charge in [-0.05, 0) is 19.4 Å². The number of imidazole rings is 1. The van der Waals surface area contributed by atoms with E-state index in [9.17, 15) is 5.11 Å². The third-order valence-corrected chi connectivity index (χ3v) is 4.14. The Hall–Kier alpha value is -2.48. The van der Waals surface area contributed by atoms with E-state index in [0.29, 0.717) is 12.2 Å². The molecule has 8 heteroatoms. The van der Waals surface area contributed by atoms with Crippen molar-refractivity contribution in [1.82, 2.24) is 30.1 Å². The maximum absolute atomic E-state index is 10.4. The van der Waals surface area contributed by atoms with E-state index >= 15 is 0 Å². The van der Waals surface area contributed by atoms with Gasteiger partial charge in [0.25, 0.3) is 0 Å². The number of nitrogens with one attached hydrogen (secondary N) is 2. The number of hydrogen-bond donors (Lipinski definition) is 3. The van der Waals surface area contributed by atoms with Gasteiger partial charge in [-0.15, -0.1) is 0 Å². The first-order chi connectivity index (χ1) is 10.7. The number of aromatic nitrogens is 6. The lowest BCUT2D eigenvalue weighted by Crippen LogP contribution is -2.22. The Balaban J connectivity index is 1.56. The highest BCUT2D eigenvalue weighted by Gasteiger charge is 2.33. The largest absolute Gasteiger partial charge is 0.391 e. The van der Waals surface area contributed by atoms with Gasteiger partial charge in [-0.25, -0.2) is 15.0 Å². The first-order valence-electron chi connectivity index (χ1n) is 7.28. The second-order valence-corrected chi connectivity index (χ2v) is 5.78. The van der Waals surface area contributed by atoms with Crippen LogP contribution in [0.3, 0.4) is 0 Å². The summed E-state index contributed by atoms with van der Waals surface area (Å²) in [6, 6.07) is 2.02. The van der Waals surface area contributed by atoms with Crippen LogP contribution in [-0.2, 0) is 6.42 Å². The fourth-order valence-corrected chi connectivity index (χ4v) is 3.07. The molecule has 1 aliphatic rings. The number of nitrogens with zero attached hydrogens (tertiary/aromatic N) is 5. The molecule has 2 atom stereocenters. The molecule has 0 spiro atoms. The Bertz CT molecular complexity index is 795.